The second-order valence-electron chi connectivity index (χ2n) is 17.6. The predicted molar refractivity (Wildman–Crippen MR) is 214 cm³/mol. The summed E-state index contributed by atoms with van der Waals surface area (Å²) in [4.78, 5) is 14.1. The van der Waals surface area contributed by atoms with Crippen molar-refractivity contribution in [3.63, 3.8) is 0 Å². The van der Waals surface area contributed by atoms with Crippen LogP contribution in [0.5, 0.6) is 0 Å². The van der Waals surface area contributed by atoms with Crippen molar-refractivity contribution >= 4 is 36.6 Å². The number of rotatable bonds is 14. The number of nitrogens with zero attached hydrogens (tertiary/aromatic N) is 1. The molecule has 0 saturated carbocycles. The molecule has 5 nitrogen and oxygen atoms in total. The molecule has 0 spiro atoms. The van der Waals surface area contributed by atoms with Crippen LogP contribution in [0.4, 0.5) is 0 Å². The number of carbonyl (C=O) groups is 1. The molecule has 1 N–H and O–H groups in total. The molecule has 0 radical (unpaired) electrons. The number of nitrogens with one attached hydrogen (secondary N) is 1. The van der Waals surface area contributed by atoms with Crippen LogP contribution in [-0.2, 0) is 13.9 Å². The number of carbonyl (C=O) groups excluding carboxylic acids is 1. The fourth-order valence-electron chi connectivity index (χ4n) is 7.75. The van der Waals surface area contributed by atoms with E-state index < -0.39 is 25.4 Å². The van der Waals surface area contributed by atoms with Crippen molar-refractivity contribution in [1.29, 1.82) is 0 Å². The Balaban J connectivity index is 1.51. The summed E-state index contributed by atoms with van der Waals surface area (Å²) in [7, 11) is -5.56. The van der Waals surface area contributed by atoms with Gasteiger partial charge in [0, 0.05) is 0 Å². The van der Waals surface area contributed by atoms with E-state index in [9.17, 15) is 9.36 Å². The SMILES string of the molecule is CCC(C)(C)COP(=O)(N1CCC(NC(=O)C(C)(C)CC(C)(C)C[PH](c2ccccc2)(c2ccccc2)c2ccccc2)CC1)C(C)(C)C. The zero-order valence-corrected chi connectivity index (χ0v) is 33.9. The molecule has 1 heterocycles. The first-order valence-electron chi connectivity index (χ1n) is 18.3. The van der Waals surface area contributed by atoms with E-state index in [1.165, 1.54) is 15.9 Å². The van der Waals surface area contributed by atoms with Gasteiger partial charge < -0.3 is 0 Å². The Bertz CT molecular complexity index is 1440. The third-order valence-electron chi connectivity index (χ3n) is 10.7. The van der Waals surface area contributed by atoms with Crippen molar-refractivity contribution in [3.8, 4) is 0 Å². The molecule has 3 aromatic carbocycles. The topological polar surface area (TPSA) is 58.6 Å². The van der Waals surface area contributed by atoms with Crippen molar-refractivity contribution in [3.05, 3.63) is 91.0 Å². The van der Waals surface area contributed by atoms with Crippen LogP contribution < -0.4 is 21.2 Å². The monoisotopic (exact) mass is 706 g/mol. The molecule has 0 aromatic heterocycles. The summed E-state index contributed by atoms with van der Waals surface area (Å²) in [6, 6.07) is 33.2. The van der Waals surface area contributed by atoms with E-state index >= 15 is 0 Å². The van der Waals surface area contributed by atoms with Crippen LogP contribution in [0.3, 0.4) is 0 Å². The number of hydrogen-bond donors (Lipinski definition) is 1. The van der Waals surface area contributed by atoms with E-state index in [1.807, 2.05) is 20.8 Å². The molecule has 1 atom stereocenters. The molecule has 270 valence electrons. The van der Waals surface area contributed by atoms with Gasteiger partial charge in [0.25, 0.3) is 0 Å². The van der Waals surface area contributed by atoms with Crippen molar-refractivity contribution < 1.29 is 13.9 Å². The zero-order valence-electron chi connectivity index (χ0n) is 32.0. The van der Waals surface area contributed by atoms with Crippen LogP contribution in [0.25, 0.3) is 0 Å². The van der Waals surface area contributed by atoms with E-state index in [-0.39, 0.29) is 22.8 Å². The van der Waals surface area contributed by atoms with Crippen molar-refractivity contribution in [2.75, 3.05) is 25.9 Å². The molecule has 1 aliphatic heterocycles. The molecule has 1 fully saturated rings. The van der Waals surface area contributed by atoms with E-state index in [0.717, 1.165) is 31.8 Å². The van der Waals surface area contributed by atoms with Crippen molar-refractivity contribution in [2.45, 2.75) is 106 Å². The molecule has 0 aliphatic carbocycles. The summed E-state index contributed by atoms with van der Waals surface area (Å²) >= 11 is 0. The van der Waals surface area contributed by atoms with Crippen LogP contribution >= 0.6 is 14.8 Å². The number of piperidine rings is 1. The first-order chi connectivity index (χ1) is 22.9. The standard InChI is InChI=1S/C42H64N2O3P2/c1-11-40(5,6)32-47-49(46,39(2,3)4)44-29-27-34(28-30-44)43-38(45)42(9,10)31-41(7,8)33-48(35-21-15-12-16-22-35,36-23-17-13-18-24-36)37-25-19-14-20-26-37/h12-26,34,48H,11,27-33H2,1-10H3,(H,43,45). The third kappa shape index (κ3) is 9.34. The summed E-state index contributed by atoms with van der Waals surface area (Å²) in [6.07, 6.45) is 4.22. The smallest absolute Gasteiger partial charge is 0.0498 e. The molecule has 4 rings (SSSR count). The number of benzene rings is 3. The molecule has 7 heteroatoms. The van der Waals surface area contributed by atoms with Gasteiger partial charge in [-0.15, -0.1) is 0 Å². The maximum atomic E-state index is 14.4. The van der Waals surface area contributed by atoms with Gasteiger partial charge in [0.1, 0.15) is 0 Å². The Morgan fingerprint density at radius 3 is 1.57 bits per heavy atom. The first kappa shape index (κ1) is 39.5. The third-order valence-corrected chi connectivity index (χ3v) is 19.5. The second-order valence-corrected chi connectivity index (χ2v) is 24.7. The molecule has 3 aromatic rings. The van der Waals surface area contributed by atoms with Crippen LogP contribution in [0, 0.1) is 16.2 Å². The van der Waals surface area contributed by atoms with Gasteiger partial charge in [-0.25, -0.2) is 0 Å². The second kappa shape index (κ2) is 15.5. The average molecular weight is 707 g/mol. The van der Waals surface area contributed by atoms with E-state index in [0.29, 0.717) is 19.7 Å². The van der Waals surface area contributed by atoms with Gasteiger partial charge >= 0.3 is 240 Å². The van der Waals surface area contributed by atoms with E-state index in [2.05, 4.69) is 149 Å². The molecule has 1 saturated heterocycles. The normalized spacial score (nSPS) is 17.3. The van der Waals surface area contributed by atoms with Crippen molar-refractivity contribution in [2.24, 2.45) is 16.2 Å². The molecule has 1 amide bonds. The number of hydrogen-bond acceptors (Lipinski definition) is 3. The number of amides is 1. The quantitative estimate of drug-likeness (QED) is 0.170. The minimum Gasteiger partial charge on any atom is -0.0498 e. The Morgan fingerprint density at radius 2 is 1.18 bits per heavy atom. The molecule has 1 aliphatic rings. The first-order valence-corrected chi connectivity index (χ1v) is 22.1. The average Bonchev–Trinajstić information content (AvgIpc) is 3.06. The van der Waals surface area contributed by atoms with Crippen LogP contribution in [0.1, 0.15) is 94.9 Å². The molecular weight excluding hydrogens is 642 g/mol. The van der Waals surface area contributed by atoms with Crippen LogP contribution in [0.2, 0.25) is 0 Å². The van der Waals surface area contributed by atoms with Crippen molar-refractivity contribution in [1.82, 2.24) is 9.99 Å². The maximum absolute atomic E-state index is 14.4. The summed E-state index contributed by atoms with van der Waals surface area (Å²) < 4.78 is 22.9. The van der Waals surface area contributed by atoms with Crippen LogP contribution in [-0.4, -0.2) is 47.6 Å². The summed E-state index contributed by atoms with van der Waals surface area (Å²) in [5, 5.41) is 7.12. The Kier molecular flexibility index (Phi) is 12.5. The minimum atomic E-state index is -3.08. The van der Waals surface area contributed by atoms with E-state index in [1.54, 1.807) is 0 Å². The van der Waals surface area contributed by atoms with Gasteiger partial charge in [-0.2, -0.15) is 0 Å². The predicted octanol–water partition coefficient (Wildman–Crippen LogP) is 9.18. The molecular formula is C42H64N2O3P2. The fraction of sp³-hybridized carbons (Fsp3) is 0.548. The van der Waals surface area contributed by atoms with E-state index in [4.69, 9.17) is 4.52 Å². The van der Waals surface area contributed by atoms with Gasteiger partial charge in [-0.1, -0.05) is 20.8 Å². The van der Waals surface area contributed by atoms with Gasteiger partial charge in [0.15, 0.2) is 0 Å². The van der Waals surface area contributed by atoms with Gasteiger partial charge in [0.2, 0.25) is 0 Å². The van der Waals surface area contributed by atoms with Crippen LogP contribution in [0.15, 0.2) is 91.0 Å². The Morgan fingerprint density at radius 1 is 0.755 bits per heavy atom. The minimum absolute atomic E-state index is 0.0298. The van der Waals surface area contributed by atoms with Gasteiger partial charge in [-0.3, -0.25) is 0 Å². The fourth-order valence-corrected chi connectivity index (χ4v) is 15.9. The zero-order chi connectivity index (χ0) is 36.1. The molecule has 1 unspecified atom stereocenters. The Hall–Kier alpha value is -2.29. The summed E-state index contributed by atoms with van der Waals surface area (Å²) in [5.74, 6) is 0.102. The molecule has 49 heavy (non-hydrogen) atoms. The summed E-state index contributed by atoms with van der Waals surface area (Å²) in [6.45, 7) is 23.2. The van der Waals surface area contributed by atoms with Gasteiger partial charge in [0.05, 0.1) is 6.61 Å². The Labute approximate surface area is 298 Å². The molecule has 0 bridgehead atoms. The van der Waals surface area contributed by atoms with Gasteiger partial charge in [-0.05, 0) is 32.6 Å². The summed E-state index contributed by atoms with van der Waals surface area (Å²) in [5.41, 5.74) is -0.737.